The van der Waals surface area contributed by atoms with Crippen LogP contribution in [0.4, 0.5) is 45.5 Å². The molecule has 5 rings (SSSR count). The molecule has 1 heterocycles. The van der Waals surface area contributed by atoms with Gasteiger partial charge in [-0.3, -0.25) is 0 Å². The Labute approximate surface area is 250 Å². The Bertz CT molecular complexity index is 1760. The number of rotatable bonds is 7. The highest BCUT2D eigenvalue weighted by Crippen LogP contribution is 2.40. The molecule has 0 fully saturated rings. The molecule has 0 amide bonds. The summed E-state index contributed by atoms with van der Waals surface area (Å²) in [6.45, 7) is -1.04. The fourth-order valence-corrected chi connectivity index (χ4v) is 4.89. The maximum atomic E-state index is 13.9. The summed E-state index contributed by atoms with van der Waals surface area (Å²) in [4.78, 5) is 2.18. The maximum absolute atomic E-state index is 13.9. The molecule has 0 aliphatic rings. The Morgan fingerprint density at radius 2 is 1.18 bits per heavy atom. The number of hydrogen-bond donors (Lipinski definition) is 0. The zero-order valence-corrected chi connectivity index (χ0v) is 23.2. The number of aryl methyl sites for hydroxylation is 1. The van der Waals surface area contributed by atoms with Gasteiger partial charge < -0.3 is 4.90 Å². The van der Waals surface area contributed by atoms with E-state index < -0.39 is 53.9 Å². The Morgan fingerprint density at radius 1 is 0.600 bits per heavy atom. The van der Waals surface area contributed by atoms with Crippen molar-refractivity contribution in [3.63, 3.8) is 0 Å². The van der Waals surface area contributed by atoms with E-state index >= 15 is 0 Å². The maximum Gasteiger partial charge on any atom is 0.416 e. The molecular weight excluding hydrogens is 613 g/mol. The van der Waals surface area contributed by atoms with Crippen LogP contribution in [0, 0.1) is 0 Å². The summed E-state index contributed by atoms with van der Waals surface area (Å²) in [5.41, 5.74) is -2.03. The zero-order chi connectivity index (χ0) is 32.6. The van der Waals surface area contributed by atoms with Gasteiger partial charge in [-0.1, -0.05) is 65.8 Å². The van der Waals surface area contributed by atoms with Gasteiger partial charge in [0.05, 0.1) is 23.7 Å². The predicted molar refractivity (Wildman–Crippen MR) is 147 cm³/mol. The summed E-state index contributed by atoms with van der Waals surface area (Å²) < 4.78 is 123. The first-order valence-corrected chi connectivity index (χ1v) is 13.2. The molecule has 0 saturated carbocycles. The molecule has 0 bridgehead atoms. The molecule has 5 nitrogen and oxygen atoms in total. The van der Waals surface area contributed by atoms with E-state index in [0.29, 0.717) is 28.8 Å². The van der Waals surface area contributed by atoms with Crippen LogP contribution in [0.2, 0.25) is 0 Å². The third-order valence-corrected chi connectivity index (χ3v) is 6.90. The second-order valence-electron chi connectivity index (χ2n) is 10.1. The highest BCUT2D eigenvalue weighted by Gasteiger charge is 2.37. The van der Waals surface area contributed by atoms with Crippen molar-refractivity contribution in [2.75, 3.05) is 4.90 Å². The van der Waals surface area contributed by atoms with Gasteiger partial charge in [0.15, 0.2) is 0 Å². The molecule has 0 aliphatic heterocycles. The number of alkyl halides is 9. The molecular formula is C31H22F9N5. The first kappa shape index (κ1) is 31.5. The van der Waals surface area contributed by atoms with Crippen molar-refractivity contribution < 1.29 is 39.5 Å². The van der Waals surface area contributed by atoms with Gasteiger partial charge in [-0.2, -0.15) is 44.3 Å². The Morgan fingerprint density at radius 3 is 1.73 bits per heavy atom. The van der Waals surface area contributed by atoms with Crippen molar-refractivity contribution in [2.24, 2.45) is 7.05 Å². The standard InChI is InChI=1S/C31H22F9N5/c1-44-42-28(41-43-44)45(17-19-13-23(30(35,36)37)16-24(14-19)31(38,39)40)18-21-15-22(29(32,33)34)11-12-26(21)27-10-6-5-9-25(27)20-7-3-2-4-8-20/h2-16H,17-18H2,1H3. The highest BCUT2D eigenvalue weighted by molar-refractivity contribution is 5.85. The van der Waals surface area contributed by atoms with Crippen LogP contribution in [-0.2, 0) is 38.7 Å². The van der Waals surface area contributed by atoms with Crippen molar-refractivity contribution >= 4 is 5.95 Å². The quantitative estimate of drug-likeness (QED) is 0.168. The number of aromatic nitrogens is 4. The molecule has 0 N–H and O–H groups in total. The van der Waals surface area contributed by atoms with E-state index in [4.69, 9.17) is 0 Å². The lowest BCUT2D eigenvalue weighted by molar-refractivity contribution is -0.143. The second-order valence-corrected chi connectivity index (χ2v) is 10.1. The molecule has 234 valence electrons. The van der Waals surface area contributed by atoms with Crippen molar-refractivity contribution in [1.29, 1.82) is 0 Å². The number of benzene rings is 4. The lowest BCUT2D eigenvalue weighted by Crippen LogP contribution is -2.25. The Hall–Kier alpha value is -4.88. The van der Waals surface area contributed by atoms with Crippen LogP contribution in [0.5, 0.6) is 0 Å². The van der Waals surface area contributed by atoms with Crippen LogP contribution < -0.4 is 4.90 Å². The minimum Gasteiger partial charge on any atom is -0.330 e. The molecule has 45 heavy (non-hydrogen) atoms. The summed E-state index contributed by atoms with van der Waals surface area (Å²) in [5.74, 6) is -0.219. The van der Waals surface area contributed by atoms with Crippen molar-refractivity contribution in [3.8, 4) is 22.3 Å². The largest absolute Gasteiger partial charge is 0.416 e. The van der Waals surface area contributed by atoms with E-state index in [-0.39, 0.29) is 17.6 Å². The van der Waals surface area contributed by atoms with Gasteiger partial charge in [0.2, 0.25) is 0 Å². The van der Waals surface area contributed by atoms with Crippen LogP contribution in [-0.4, -0.2) is 20.2 Å². The van der Waals surface area contributed by atoms with E-state index in [0.717, 1.165) is 22.5 Å². The summed E-state index contributed by atoms with van der Waals surface area (Å²) in [6, 6.07) is 20.2. The SMILES string of the molecule is Cn1nnc(N(Cc2cc(C(F)(F)F)cc(C(F)(F)F)c2)Cc2cc(C(F)(F)F)ccc2-c2ccccc2-c2ccccc2)n1. The number of tetrazole rings is 1. The van der Waals surface area contributed by atoms with Gasteiger partial charge in [0, 0.05) is 13.1 Å². The van der Waals surface area contributed by atoms with E-state index in [1.165, 1.54) is 18.0 Å². The van der Waals surface area contributed by atoms with Crippen molar-refractivity contribution in [3.05, 3.63) is 119 Å². The van der Waals surface area contributed by atoms with Gasteiger partial charge in [0.25, 0.3) is 5.95 Å². The van der Waals surface area contributed by atoms with Crippen LogP contribution in [0.25, 0.3) is 22.3 Å². The van der Waals surface area contributed by atoms with Gasteiger partial charge in [-0.05, 0) is 68.9 Å². The first-order chi connectivity index (χ1) is 21.1. The lowest BCUT2D eigenvalue weighted by Gasteiger charge is -2.25. The van der Waals surface area contributed by atoms with Gasteiger partial charge in [-0.25, -0.2) is 0 Å². The fraction of sp³-hybridized carbons (Fsp3) is 0.194. The number of nitrogens with zero attached hydrogens (tertiary/aromatic N) is 5. The van der Waals surface area contributed by atoms with Crippen LogP contribution >= 0.6 is 0 Å². The molecule has 0 aliphatic carbocycles. The lowest BCUT2D eigenvalue weighted by atomic mass is 9.90. The minimum absolute atomic E-state index is 0.000164. The molecule has 0 saturated heterocycles. The van der Waals surface area contributed by atoms with Gasteiger partial charge >= 0.3 is 18.5 Å². The first-order valence-electron chi connectivity index (χ1n) is 13.2. The summed E-state index contributed by atoms with van der Waals surface area (Å²) in [5, 5.41) is 11.6. The molecule has 14 heteroatoms. The number of hydrogen-bond acceptors (Lipinski definition) is 4. The van der Waals surface area contributed by atoms with E-state index in [1.54, 1.807) is 42.5 Å². The van der Waals surface area contributed by atoms with Crippen LogP contribution in [0.3, 0.4) is 0 Å². The molecule has 0 spiro atoms. The number of halogens is 9. The number of anilines is 1. The third-order valence-electron chi connectivity index (χ3n) is 6.90. The van der Waals surface area contributed by atoms with E-state index in [2.05, 4.69) is 15.4 Å². The van der Waals surface area contributed by atoms with E-state index in [1.807, 2.05) is 12.1 Å². The minimum atomic E-state index is -5.10. The highest BCUT2D eigenvalue weighted by atomic mass is 19.4. The molecule has 0 radical (unpaired) electrons. The van der Waals surface area contributed by atoms with Gasteiger partial charge in [0.1, 0.15) is 0 Å². The fourth-order valence-electron chi connectivity index (χ4n) is 4.89. The van der Waals surface area contributed by atoms with Crippen LogP contribution in [0.15, 0.2) is 91.0 Å². The van der Waals surface area contributed by atoms with E-state index in [9.17, 15) is 39.5 Å². The normalized spacial score (nSPS) is 12.4. The zero-order valence-electron chi connectivity index (χ0n) is 23.2. The molecule has 5 aromatic rings. The third kappa shape index (κ3) is 7.27. The second kappa shape index (κ2) is 11.9. The average molecular weight is 636 g/mol. The monoisotopic (exact) mass is 635 g/mol. The molecule has 0 atom stereocenters. The molecule has 4 aromatic carbocycles. The smallest absolute Gasteiger partial charge is 0.330 e. The Kier molecular flexibility index (Phi) is 8.34. The summed E-state index contributed by atoms with van der Waals surface area (Å²) in [7, 11) is 1.38. The summed E-state index contributed by atoms with van der Waals surface area (Å²) >= 11 is 0. The predicted octanol–water partition coefficient (Wildman–Crippen LogP) is 8.81. The van der Waals surface area contributed by atoms with Crippen molar-refractivity contribution in [1.82, 2.24) is 20.2 Å². The molecule has 1 aromatic heterocycles. The van der Waals surface area contributed by atoms with Gasteiger partial charge in [-0.15, -0.1) is 5.10 Å². The average Bonchev–Trinajstić information content (AvgIpc) is 3.42. The van der Waals surface area contributed by atoms with Crippen LogP contribution in [0.1, 0.15) is 27.8 Å². The van der Waals surface area contributed by atoms with Crippen molar-refractivity contribution in [2.45, 2.75) is 31.6 Å². The topological polar surface area (TPSA) is 46.8 Å². The summed E-state index contributed by atoms with van der Waals surface area (Å²) in [6.07, 6.45) is -14.9. The molecule has 0 unspecified atom stereocenters. The Balaban J connectivity index is 1.66.